The molecule has 2 heterocycles. The average molecular weight is 779 g/mol. The van der Waals surface area contributed by atoms with Gasteiger partial charge in [0.25, 0.3) is 5.91 Å². The molecule has 0 spiro atoms. The Bertz CT molecular complexity index is 2010. The van der Waals surface area contributed by atoms with E-state index in [1.165, 1.54) is 17.9 Å². The molecule has 0 saturated carbocycles. The van der Waals surface area contributed by atoms with Gasteiger partial charge in [0, 0.05) is 29.4 Å². The number of para-hydroxylation sites is 2. The number of nitrogens with zero attached hydrogens (tertiary/aromatic N) is 2. The van der Waals surface area contributed by atoms with Gasteiger partial charge in [0.05, 0.1) is 23.7 Å². The van der Waals surface area contributed by atoms with E-state index < -0.39 is 65.8 Å². The number of guanidine groups is 1. The van der Waals surface area contributed by atoms with E-state index in [1.54, 1.807) is 36.4 Å². The van der Waals surface area contributed by atoms with Gasteiger partial charge in [-0.2, -0.15) is 0 Å². The Hall–Kier alpha value is -6.08. The SMILES string of the molecule is C[C@@H](O)[C@H](NC(=O)[C@H](CCCCNCC(N)=O)NC(=O)[C@@H]1CCCN1C(=O)[C@H](CCCN=C(N)N)NC(=O)c1cccc2c(=O)c3ccccc3[nH]c12)C(=O)O. The fourth-order valence-electron chi connectivity index (χ4n) is 6.62. The number of nitrogens with one attached hydrogen (secondary N) is 5. The van der Waals surface area contributed by atoms with Crippen LogP contribution in [0.15, 0.2) is 52.3 Å². The van der Waals surface area contributed by atoms with Crippen molar-refractivity contribution in [3.8, 4) is 0 Å². The number of amides is 5. The van der Waals surface area contributed by atoms with Crippen molar-refractivity contribution in [1.82, 2.24) is 31.2 Å². The average Bonchev–Trinajstić information content (AvgIpc) is 3.65. The first kappa shape index (κ1) is 42.7. The van der Waals surface area contributed by atoms with Crippen LogP contribution in [0.2, 0.25) is 0 Å². The molecule has 4 rings (SSSR count). The highest BCUT2D eigenvalue weighted by Gasteiger charge is 2.39. The van der Waals surface area contributed by atoms with E-state index in [9.17, 15) is 43.8 Å². The molecule has 0 radical (unpaired) electrons. The van der Waals surface area contributed by atoms with Crippen LogP contribution in [-0.4, -0.2) is 118 Å². The van der Waals surface area contributed by atoms with Gasteiger partial charge in [-0.1, -0.05) is 18.2 Å². The molecular formula is C37H50N10O9. The van der Waals surface area contributed by atoms with Gasteiger partial charge < -0.3 is 58.6 Å². The van der Waals surface area contributed by atoms with E-state index >= 15 is 0 Å². The lowest BCUT2D eigenvalue weighted by Gasteiger charge is -2.30. The van der Waals surface area contributed by atoms with Crippen molar-refractivity contribution in [2.24, 2.45) is 22.2 Å². The van der Waals surface area contributed by atoms with Gasteiger partial charge in [-0.25, -0.2) is 4.79 Å². The number of unbranched alkanes of at least 4 members (excludes halogenated alkanes) is 1. The first-order valence-corrected chi connectivity index (χ1v) is 18.4. The number of aromatic nitrogens is 1. The zero-order valence-electron chi connectivity index (χ0n) is 31.1. The number of aliphatic hydroxyl groups is 1. The topological polar surface area (TPSA) is 318 Å². The van der Waals surface area contributed by atoms with Crippen molar-refractivity contribution >= 4 is 63.3 Å². The fraction of sp³-hybridized carbons (Fsp3) is 0.459. The number of primary amides is 1. The lowest BCUT2D eigenvalue weighted by atomic mass is 10.0. The number of pyridine rings is 1. The third-order valence-electron chi connectivity index (χ3n) is 9.45. The van der Waals surface area contributed by atoms with E-state index in [-0.39, 0.29) is 73.2 Å². The number of likely N-dealkylation sites (tertiary alicyclic amines) is 1. The lowest BCUT2D eigenvalue weighted by molar-refractivity contribution is -0.145. The summed E-state index contributed by atoms with van der Waals surface area (Å²) >= 11 is 0. The van der Waals surface area contributed by atoms with E-state index in [1.807, 2.05) is 0 Å². The zero-order valence-corrected chi connectivity index (χ0v) is 31.1. The van der Waals surface area contributed by atoms with Gasteiger partial charge in [-0.15, -0.1) is 0 Å². The third kappa shape index (κ3) is 11.2. The Morgan fingerprint density at radius 1 is 0.929 bits per heavy atom. The molecule has 1 aromatic heterocycles. The maximum Gasteiger partial charge on any atom is 0.328 e. The molecule has 1 saturated heterocycles. The number of nitrogens with two attached hydrogens (primary N) is 3. The van der Waals surface area contributed by atoms with Crippen LogP contribution in [0.5, 0.6) is 0 Å². The number of hydrogen-bond acceptors (Lipinski definition) is 10. The Balaban J connectivity index is 1.56. The molecule has 5 atom stereocenters. The van der Waals surface area contributed by atoms with Crippen molar-refractivity contribution in [3.63, 3.8) is 0 Å². The van der Waals surface area contributed by atoms with Crippen LogP contribution in [0.3, 0.4) is 0 Å². The van der Waals surface area contributed by atoms with Crippen LogP contribution in [0.1, 0.15) is 62.2 Å². The summed E-state index contributed by atoms with van der Waals surface area (Å²) in [5.74, 6) is -4.90. The van der Waals surface area contributed by atoms with Crippen molar-refractivity contribution in [1.29, 1.82) is 0 Å². The normalized spacial score (nSPS) is 16.0. The smallest absolute Gasteiger partial charge is 0.328 e. The van der Waals surface area contributed by atoms with Gasteiger partial charge in [-0.05, 0) is 82.7 Å². The summed E-state index contributed by atoms with van der Waals surface area (Å²) in [4.78, 5) is 99.8. The van der Waals surface area contributed by atoms with Gasteiger partial charge in [0.2, 0.25) is 23.6 Å². The zero-order chi connectivity index (χ0) is 40.9. The summed E-state index contributed by atoms with van der Waals surface area (Å²) in [5, 5.41) is 30.8. The molecule has 1 aliphatic heterocycles. The highest BCUT2D eigenvalue weighted by Crippen LogP contribution is 2.22. The number of carbonyl (C=O) groups is 6. The standard InChI is InChI=1S/C37H50N10O9/c1-20(48)29(36(55)56)46-33(52)25(13-4-5-16-41-19-28(38)49)44-34(53)27-15-8-18-47(27)35(54)26(14-7-17-42-37(39)40)45-32(51)23-11-6-10-22-30(23)43-24-12-3-2-9-21(24)31(22)50/h2-3,6,9-12,20,25-27,29,41,48H,4-5,7-8,13-19H2,1H3,(H2,38,49)(H,43,50)(H,44,53)(H,45,51)(H,46,52)(H,55,56)(H4,39,40,42)/t20-,25+,26+,27+,29+/m1/s1. The number of hydrogen-bond donors (Lipinski definition) is 10. The number of fused-ring (bicyclic) bond motifs is 2. The second-order valence-electron chi connectivity index (χ2n) is 13.7. The molecule has 3 aromatic rings. The van der Waals surface area contributed by atoms with Crippen LogP contribution in [0.4, 0.5) is 0 Å². The predicted octanol–water partition coefficient (Wildman–Crippen LogP) is -1.50. The van der Waals surface area contributed by atoms with Gasteiger partial charge in [0.15, 0.2) is 17.4 Å². The van der Waals surface area contributed by atoms with Gasteiger partial charge in [-0.3, -0.25) is 33.8 Å². The summed E-state index contributed by atoms with van der Waals surface area (Å²) in [6.07, 6.45) is 0.491. The predicted molar refractivity (Wildman–Crippen MR) is 207 cm³/mol. The number of aliphatic imine (C=N–C) groups is 1. The van der Waals surface area contributed by atoms with E-state index in [0.29, 0.717) is 36.7 Å². The molecule has 302 valence electrons. The summed E-state index contributed by atoms with van der Waals surface area (Å²) in [7, 11) is 0. The summed E-state index contributed by atoms with van der Waals surface area (Å²) in [5.41, 5.74) is 16.8. The van der Waals surface area contributed by atoms with Crippen LogP contribution in [-0.2, 0) is 24.0 Å². The molecular weight excluding hydrogens is 728 g/mol. The largest absolute Gasteiger partial charge is 0.480 e. The van der Waals surface area contributed by atoms with Gasteiger partial charge >= 0.3 is 5.97 Å². The molecule has 0 unspecified atom stereocenters. The van der Waals surface area contributed by atoms with Gasteiger partial charge in [0.1, 0.15) is 18.1 Å². The maximum atomic E-state index is 14.3. The van der Waals surface area contributed by atoms with Crippen molar-refractivity contribution in [2.75, 3.05) is 26.2 Å². The second-order valence-corrected chi connectivity index (χ2v) is 13.7. The molecule has 1 aliphatic rings. The van der Waals surface area contributed by atoms with Crippen LogP contribution >= 0.6 is 0 Å². The Labute approximate surface area is 321 Å². The molecule has 2 aromatic carbocycles. The Morgan fingerprint density at radius 2 is 1.64 bits per heavy atom. The number of carboxylic acid groups (broad SMARTS) is 1. The van der Waals surface area contributed by atoms with E-state index in [0.717, 1.165) is 0 Å². The Morgan fingerprint density at radius 3 is 2.34 bits per heavy atom. The number of aliphatic hydroxyl groups excluding tert-OH is 1. The van der Waals surface area contributed by atoms with Crippen LogP contribution in [0.25, 0.3) is 21.8 Å². The van der Waals surface area contributed by atoms with Crippen molar-refractivity contribution in [2.45, 2.75) is 82.1 Å². The van der Waals surface area contributed by atoms with E-state index in [4.69, 9.17) is 17.2 Å². The molecule has 1 fully saturated rings. The molecule has 19 nitrogen and oxygen atoms in total. The second kappa shape index (κ2) is 20.0. The number of benzene rings is 2. The minimum atomic E-state index is -1.65. The maximum absolute atomic E-state index is 14.3. The number of rotatable bonds is 20. The minimum absolute atomic E-state index is 0.0464. The molecule has 0 bridgehead atoms. The highest BCUT2D eigenvalue weighted by atomic mass is 16.4. The number of carbonyl (C=O) groups excluding carboxylic acids is 5. The quantitative estimate of drug-likeness (QED) is 0.0271. The first-order chi connectivity index (χ1) is 26.7. The highest BCUT2D eigenvalue weighted by molar-refractivity contribution is 6.09. The first-order valence-electron chi connectivity index (χ1n) is 18.4. The third-order valence-corrected chi connectivity index (χ3v) is 9.45. The Kier molecular flexibility index (Phi) is 15.2. The fourth-order valence-corrected chi connectivity index (χ4v) is 6.62. The molecule has 56 heavy (non-hydrogen) atoms. The lowest BCUT2D eigenvalue weighted by Crippen LogP contribution is -2.58. The summed E-state index contributed by atoms with van der Waals surface area (Å²) < 4.78 is 0. The minimum Gasteiger partial charge on any atom is -0.480 e. The van der Waals surface area contributed by atoms with Crippen LogP contribution < -0.4 is 43.9 Å². The summed E-state index contributed by atoms with van der Waals surface area (Å²) in [6, 6.07) is 6.51. The molecule has 5 amide bonds. The number of carboxylic acids is 1. The molecule has 13 N–H and O–H groups in total. The number of aliphatic carboxylic acids is 1. The van der Waals surface area contributed by atoms with Crippen LogP contribution in [0, 0.1) is 0 Å². The molecule has 0 aliphatic carbocycles. The number of aromatic amines is 1. The molecule has 19 heteroatoms. The number of H-pyrrole nitrogens is 1. The summed E-state index contributed by atoms with van der Waals surface area (Å²) in [6.45, 7) is 1.85. The monoisotopic (exact) mass is 778 g/mol. The van der Waals surface area contributed by atoms with Crippen molar-refractivity contribution in [3.05, 3.63) is 58.3 Å². The van der Waals surface area contributed by atoms with Crippen molar-refractivity contribution < 1.29 is 39.0 Å². The van der Waals surface area contributed by atoms with E-state index in [2.05, 4.69) is 31.2 Å².